The first kappa shape index (κ1) is 24.7. The molecule has 3 aromatic carbocycles. The zero-order valence-electron chi connectivity index (χ0n) is 22.1. The molecule has 1 aliphatic heterocycles. The number of fused-ring (bicyclic) bond motifs is 2. The van der Waals surface area contributed by atoms with E-state index in [1.54, 1.807) is 12.1 Å². The second-order valence-corrected chi connectivity index (χ2v) is 11.7. The normalized spacial score (nSPS) is 22.9. The molecule has 0 bridgehead atoms. The van der Waals surface area contributed by atoms with Gasteiger partial charge in [0.15, 0.2) is 0 Å². The maximum absolute atomic E-state index is 15.0. The van der Waals surface area contributed by atoms with Crippen LogP contribution in [0.3, 0.4) is 0 Å². The first-order chi connectivity index (χ1) is 18.2. The van der Waals surface area contributed by atoms with E-state index >= 15 is 0 Å². The van der Waals surface area contributed by atoms with Crippen molar-refractivity contribution in [1.29, 1.82) is 0 Å². The Morgan fingerprint density at radius 2 is 1.89 bits per heavy atom. The van der Waals surface area contributed by atoms with E-state index in [0.29, 0.717) is 37.4 Å². The molecule has 3 aliphatic rings. The Morgan fingerprint density at radius 3 is 2.63 bits per heavy atom. The number of aliphatic carboxylic acids is 1. The highest BCUT2D eigenvalue weighted by molar-refractivity contribution is 5.85. The molecule has 1 fully saturated rings. The molecule has 0 radical (unpaired) electrons. The van der Waals surface area contributed by atoms with Gasteiger partial charge in [0.25, 0.3) is 0 Å². The number of carbonyl (C=O) groups is 1. The first-order valence-corrected chi connectivity index (χ1v) is 13.4. The number of carboxylic acids is 1. The molecule has 1 heterocycles. The molecule has 1 spiro atoms. The summed E-state index contributed by atoms with van der Waals surface area (Å²) in [5.74, 6) is 0.128. The van der Waals surface area contributed by atoms with Gasteiger partial charge in [0.05, 0.1) is 12.5 Å². The van der Waals surface area contributed by atoms with E-state index in [1.807, 2.05) is 43.3 Å². The van der Waals surface area contributed by atoms with E-state index in [2.05, 4.69) is 26.0 Å². The van der Waals surface area contributed by atoms with Gasteiger partial charge in [0, 0.05) is 16.5 Å². The summed E-state index contributed by atoms with van der Waals surface area (Å²) < 4.78 is 27.0. The molecular formula is C33H33FO4. The second-order valence-electron chi connectivity index (χ2n) is 11.7. The van der Waals surface area contributed by atoms with Gasteiger partial charge in [-0.15, -0.1) is 0 Å². The highest BCUT2D eigenvalue weighted by Gasteiger charge is 2.61. The average Bonchev–Trinajstić information content (AvgIpc) is 3.50. The standard InChI is InChI=1S/C33H33FO4/c1-20-6-10-29(34)25(15-20)23-9-7-21(16-24(23)26-5-4-12-32(26,2)3)19-38-22-8-11-30-27(17-22)33(13-14-37-30)18-28(33)31(35)36/h5-11,15-17,28H,4,12-14,18-19H2,1-3H3,(H,35,36)/t28-,33-/m1/s1. The number of aryl methyl sites for hydroxylation is 1. The minimum Gasteiger partial charge on any atom is -0.493 e. The average molecular weight is 513 g/mol. The van der Waals surface area contributed by atoms with Crippen LogP contribution in [0.2, 0.25) is 0 Å². The molecule has 38 heavy (non-hydrogen) atoms. The van der Waals surface area contributed by atoms with Gasteiger partial charge in [0.2, 0.25) is 0 Å². The van der Waals surface area contributed by atoms with Crippen molar-refractivity contribution in [2.75, 3.05) is 6.61 Å². The van der Waals surface area contributed by atoms with Crippen LogP contribution in [0, 0.1) is 24.1 Å². The van der Waals surface area contributed by atoms with E-state index in [9.17, 15) is 14.3 Å². The van der Waals surface area contributed by atoms with Crippen molar-refractivity contribution in [3.05, 3.63) is 88.7 Å². The second kappa shape index (κ2) is 9.00. The molecule has 2 atom stereocenters. The van der Waals surface area contributed by atoms with Gasteiger partial charge in [-0.3, -0.25) is 4.79 Å². The molecule has 1 N–H and O–H groups in total. The largest absolute Gasteiger partial charge is 0.493 e. The molecule has 6 rings (SSSR count). The summed E-state index contributed by atoms with van der Waals surface area (Å²) in [6, 6.07) is 17.2. The van der Waals surface area contributed by atoms with Crippen LogP contribution in [-0.4, -0.2) is 17.7 Å². The minimum absolute atomic E-state index is 0.00624. The van der Waals surface area contributed by atoms with E-state index < -0.39 is 5.97 Å². The zero-order valence-corrected chi connectivity index (χ0v) is 22.1. The van der Waals surface area contributed by atoms with E-state index in [0.717, 1.165) is 46.4 Å². The van der Waals surface area contributed by atoms with Gasteiger partial charge in [-0.05, 0) is 96.7 Å². The van der Waals surface area contributed by atoms with Crippen LogP contribution in [0.1, 0.15) is 61.8 Å². The van der Waals surface area contributed by atoms with Gasteiger partial charge in [0.1, 0.15) is 23.9 Å². The first-order valence-electron chi connectivity index (χ1n) is 13.4. The Bertz CT molecular complexity index is 1470. The van der Waals surface area contributed by atoms with Crippen LogP contribution in [0.15, 0.2) is 60.7 Å². The molecule has 0 aromatic heterocycles. The number of allylic oxidation sites excluding steroid dienone is 2. The SMILES string of the molecule is Cc1ccc(F)c(-c2ccc(COc3ccc4c(c3)[C@@]3(CCO4)C[C@@H]3C(=O)O)cc2C2=CCCC2(C)C)c1. The van der Waals surface area contributed by atoms with Crippen LogP contribution in [-0.2, 0) is 16.8 Å². The van der Waals surface area contributed by atoms with Gasteiger partial charge < -0.3 is 14.6 Å². The van der Waals surface area contributed by atoms with Crippen LogP contribution >= 0.6 is 0 Å². The Morgan fingerprint density at radius 1 is 1.05 bits per heavy atom. The summed E-state index contributed by atoms with van der Waals surface area (Å²) in [4.78, 5) is 11.7. The summed E-state index contributed by atoms with van der Waals surface area (Å²) >= 11 is 0. The predicted molar refractivity (Wildman–Crippen MR) is 146 cm³/mol. The topological polar surface area (TPSA) is 55.8 Å². The molecule has 196 valence electrons. The van der Waals surface area contributed by atoms with Gasteiger partial charge in [-0.25, -0.2) is 4.39 Å². The number of benzene rings is 3. The van der Waals surface area contributed by atoms with Gasteiger partial charge in [-0.1, -0.05) is 43.7 Å². The lowest BCUT2D eigenvalue weighted by Crippen LogP contribution is -2.24. The van der Waals surface area contributed by atoms with Gasteiger partial charge >= 0.3 is 5.97 Å². The lowest BCUT2D eigenvalue weighted by molar-refractivity contribution is -0.139. The molecule has 3 aromatic rings. The number of ether oxygens (including phenoxy) is 2. The van der Waals surface area contributed by atoms with Crippen LogP contribution in [0.25, 0.3) is 16.7 Å². The molecule has 5 heteroatoms. The summed E-state index contributed by atoms with van der Waals surface area (Å²) in [7, 11) is 0. The zero-order chi connectivity index (χ0) is 26.7. The Balaban J connectivity index is 1.31. The fourth-order valence-corrected chi connectivity index (χ4v) is 6.41. The third-order valence-corrected chi connectivity index (χ3v) is 8.71. The fourth-order valence-electron chi connectivity index (χ4n) is 6.41. The third-order valence-electron chi connectivity index (χ3n) is 8.71. The lowest BCUT2D eigenvalue weighted by atomic mass is 9.79. The van der Waals surface area contributed by atoms with Crippen molar-refractivity contribution in [1.82, 2.24) is 0 Å². The molecule has 1 saturated carbocycles. The Labute approximate surface area is 223 Å². The number of halogens is 1. The molecular weight excluding hydrogens is 479 g/mol. The van der Waals surface area contributed by atoms with Crippen molar-refractivity contribution >= 4 is 11.5 Å². The minimum atomic E-state index is -0.744. The summed E-state index contributed by atoms with van der Waals surface area (Å²) in [5, 5.41) is 9.61. The molecule has 0 unspecified atom stereocenters. The smallest absolute Gasteiger partial charge is 0.307 e. The van der Waals surface area contributed by atoms with Crippen LogP contribution in [0.4, 0.5) is 4.39 Å². The Kier molecular flexibility index (Phi) is 5.86. The highest BCUT2D eigenvalue weighted by atomic mass is 19.1. The van der Waals surface area contributed by atoms with E-state index in [1.165, 1.54) is 5.57 Å². The van der Waals surface area contributed by atoms with Crippen LogP contribution in [0.5, 0.6) is 11.5 Å². The van der Waals surface area contributed by atoms with Crippen LogP contribution < -0.4 is 9.47 Å². The third kappa shape index (κ3) is 4.18. The van der Waals surface area contributed by atoms with Crippen molar-refractivity contribution in [3.8, 4) is 22.6 Å². The predicted octanol–water partition coefficient (Wildman–Crippen LogP) is 7.71. The van der Waals surface area contributed by atoms with E-state index in [-0.39, 0.29) is 22.6 Å². The number of rotatable bonds is 6. The van der Waals surface area contributed by atoms with Gasteiger partial charge in [-0.2, -0.15) is 0 Å². The molecule has 2 aliphatic carbocycles. The van der Waals surface area contributed by atoms with Crippen molar-refractivity contribution < 1.29 is 23.8 Å². The van der Waals surface area contributed by atoms with Crippen molar-refractivity contribution in [2.45, 2.75) is 58.5 Å². The highest BCUT2D eigenvalue weighted by Crippen LogP contribution is 2.61. The summed E-state index contributed by atoms with van der Waals surface area (Å²) in [6.07, 6.45) is 5.72. The quantitative estimate of drug-likeness (QED) is 0.368. The summed E-state index contributed by atoms with van der Waals surface area (Å²) in [6.45, 7) is 7.38. The fraction of sp³-hybridized carbons (Fsp3) is 0.364. The monoisotopic (exact) mass is 512 g/mol. The number of carboxylic acid groups (broad SMARTS) is 1. The number of hydrogen-bond donors (Lipinski definition) is 1. The van der Waals surface area contributed by atoms with Crippen molar-refractivity contribution in [2.24, 2.45) is 11.3 Å². The maximum atomic E-state index is 15.0. The lowest BCUT2D eigenvalue weighted by Gasteiger charge is -2.27. The molecule has 0 saturated heterocycles. The molecule has 0 amide bonds. The maximum Gasteiger partial charge on any atom is 0.307 e. The van der Waals surface area contributed by atoms with E-state index in [4.69, 9.17) is 9.47 Å². The number of hydrogen-bond acceptors (Lipinski definition) is 3. The Hall–Kier alpha value is -3.60. The summed E-state index contributed by atoms with van der Waals surface area (Å²) in [5.41, 5.74) is 6.45. The van der Waals surface area contributed by atoms with Crippen molar-refractivity contribution in [3.63, 3.8) is 0 Å². The molecule has 4 nitrogen and oxygen atoms in total.